The molecule has 118 valence electrons. The normalized spacial score (nSPS) is 11.0. The molecule has 0 amide bonds. The van der Waals surface area contributed by atoms with Gasteiger partial charge in [-0.3, -0.25) is 4.79 Å². The van der Waals surface area contributed by atoms with Gasteiger partial charge in [0.1, 0.15) is 11.5 Å². The Hall–Kier alpha value is -3.21. The zero-order chi connectivity index (χ0) is 16.5. The lowest BCUT2D eigenvalue weighted by atomic mass is 10.1. The maximum atomic E-state index is 13.2. The van der Waals surface area contributed by atoms with Gasteiger partial charge < -0.3 is 10.3 Å². The Labute approximate surface area is 137 Å². The number of benzene rings is 2. The summed E-state index contributed by atoms with van der Waals surface area (Å²) >= 11 is 0. The van der Waals surface area contributed by atoms with Crippen LogP contribution in [0.2, 0.25) is 0 Å². The van der Waals surface area contributed by atoms with Gasteiger partial charge in [-0.1, -0.05) is 12.1 Å². The van der Waals surface area contributed by atoms with E-state index in [4.69, 9.17) is 0 Å². The van der Waals surface area contributed by atoms with E-state index in [1.54, 1.807) is 18.3 Å². The molecule has 24 heavy (non-hydrogen) atoms. The summed E-state index contributed by atoms with van der Waals surface area (Å²) in [7, 11) is 0. The lowest BCUT2D eigenvalue weighted by molar-refractivity contribution is 0.626. The number of pyridine rings is 2. The Kier molecular flexibility index (Phi) is 3.46. The molecule has 2 aromatic heterocycles. The molecule has 0 atom stereocenters. The summed E-state index contributed by atoms with van der Waals surface area (Å²) in [5, 5.41) is 5.61. The van der Waals surface area contributed by atoms with Crippen molar-refractivity contribution in [1.29, 1.82) is 0 Å². The monoisotopic (exact) mass is 319 g/mol. The molecule has 2 N–H and O–H groups in total. The Balaban J connectivity index is 1.74. The summed E-state index contributed by atoms with van der Waals surface area (Å²) in [6.07, 6.45) is 1.65. The third-order valence-electron chi connectivity index (χ3n) is 3.98. The summed E-state index contributed by atoms with van der Waals surface area (Å²) in [6, 6.07) is 15.8. The number of aromatic nitrogens is 2. The van der Waals surface area contributed by atoms with Crippen LogP contribution in [-0.4, -0.2) is 9.97 Å². The molecule has 4 rings (SSSR count). The topological polar surface area (TPSA) is 57.8 Å². The number of H-pyrrole nitrogens is 1. The lowest BCUT2D eigenvalue weighted by Crippen LogP contribution is -2.07. The van der Waals surface area contributed by atoms with Crippen molar-refractivity contribution in [3.63, 3.8) is 0 Å². The van der Waals surface area contributed by atoms with Crippen molar-refractivity contribution in [1.82, 2.24) is 9.97 Å². The Morgan fingerprint density at radius 1 is 1.00 bits per heavy atom. The minimum Gasteiger partial charge on any atom is -0.381 e. The number of rotatable bonds is 3. The Morgan fingerprint density at radius 3 is 2.79 bits per heavy atom. The zero-order valence-corrected chi connectivity index (χ0v) is 12.7. The minimum absolute atomic E-state index is 0.159. The molecule has 0 unspecified atom stereocenters. The van der Waals surface area contributed by atoms with Crippen LogP contribution in [0.1, 0.15) is 5.56 Å². The molecular formula is C19H14FN3O. The Bertz CT molecular complexity index is 1100. The van der Waals surface area contributed by atoms with Crippen LogP contribution in [0.5, 0.6) is 0 Å². The number of nitrogens with zero attached hydrogens (tertiary/aromatic N) is 1. The molecule has 0 aliphatic rings. The summed E-state index contributed by atoms with van der Waals surface area (Å²) < 4.78 is 13.2. The molecule has 0 fully saturated rings. The number of aromatic amines is 1. The van der Waals surface area contributed by atoms with Crippen LogP contribution in [0, 0.1) is 5.82 Å². The van der Waals surface area contributed by atoms with Gasteiger partial charge in [0.25, 0.3) is 5.56 Å². The van der Waals surface area contributed by atoms with Gasteiger partial charge >= 0.3 is 0 Å². The van der Waals surface area contributed by atoms with Gasteiger partial charge in [-0.05, 0) is 48.0 Å². The number of hydrogen-bond donors (Lipinski definition) is 2. The quantitative estimate of drug-likeness (QED) is 0.564. The first kappa shape index (κ1) is 14.4. The number of hydrogen-bond acceptors (Lipinski definition) is 3. The van der Waals surface area contributed by atoms with Crippen molar-refractivity contribution in [3.05, 3.63) is 82.5 Å². The lowest BCUT2D eigenvalue weighted by Gasteiger charge is -2.09. The number of nitrogens with one attached hydrogen (secondary N) is 2. The molecule has 4 aromatic rings. The van der Waals surface area contributed by atoms with E-state index in [-0.39, 0.29) is 11.4 Å². The average molecular weight is 319 g/mol. The fourth-order valence-corrected chi connectivity index (χ4v) is 2.82. The van der Waals surface area contributed by atoms with E-state index >= 15 is 0 Å². The van der Waals surface area contributed by atoms with E-state index < -0.39 is 0 Å². The molecule has 0 saturated carbocycles. The highest BCUT2D eigenvalue weighted by Crippen LogP contribution is 2.23. The first-order chi connectivity index (χ1) is 11.7. The van der Waals surface area contributed by atoms with Crippen molar-refractivity contribution in [2.24, 2.45) is 0 Å². The van der Waals surface area contributed by atoms with Crippen molar-refractivity contribution < 1.29 is 4.39 Å². The summed E-state index contributed by atoms with van der Waals surface area (Å²) in [5.74, 6) is -0.253. The fourth-order valence-electron chi connectivity index (χ4n) is 2.82. The molecule has 0 aliphatic heterocycles. The number of halogens is 1. The molecule has 4 nitrogen and oxygen atoms in total. The SMILES string of the molecule is O=c1[nH]c2ncccc2c2cc(NCc3cccc(F)c3)ccc12. The number of fused-ring (bicyclic) bond motifs is 3. The third-order valence-corrected chi connectivity index (χ3v) is 3.98. The second kappa shape index (κ2) is 5.77. The second-order valence-electron chi connectivity index (χ2n) is 5.60. The van der Waals surface area contributed by atoms with E-state index in [0.29, 0.717) is 17.6 Å². The highest BCUT2D eigenvalue weighted by molar-refractivity contribution is 6.05. The standard InChI is InChI=1S/C19H14FN3O/c20-13-4-1-3-12(9-13)11-22-14-6-7-16-17(10-14)15-5-2-8-21-18(15)23-19(16)24/h1-10,22H,11H2,(H,21,23,24). The first-order valence-electron chi connectivity index (χ1n) is 7.60. The fraction of sp³-hybridized carbons (Fsp3) is 0.0526. The maximum absolute atomic E-state index is 13.2. The van der Waals surface area contributed by atoms with Crippen LogP contribution in [0.3, 0.4) is 0 Å². The largest absolute Gasteiger partial charge is 0.381 e. The highest BCUT2D eigenvalue weighted by atomic mass is 19.1. The molecule has 0 aliphatic carbocycles. The first-order valence-corrected chi connectivity index (χ1v) is 7.60. The summed E-state index contributed by atoms with van der Waals surface area (Å²) in [5.41, 5.74) is 2.13. The molecular weight excluding hydrogens is 305 g/mol. The van der Waals surface area contributed by atoms with Crippen LogP contribution in [0.15, 0.2) is 65.6 Å². The summed E-state index contributed by atoms with van der Waals surface area (Å²) in [6.45, 7) is 0.503. The van der Waals surface area contributed by atoms with E-state index in [1.165, 1.54) is 12.1 Å². The minimum atomic E-state index is -0.253. The van der Waals surface area contributed by atoms with Gasteiger partial charge in [-0.15, -0.1) is 0 Å². The predicted octanol–water partition coefficient (Wildman–Crippen LogP) is 3.83. The van der Waals surface area contributed by atoms with Crippen molar-refractivity contribution >= 4 is 27.5 Å². The molecule has 0 saturated heterocycles. The van der Waals surface area contributed by atoms with Gasteiger partial charge in [0.2, 0.25) is 0 Å². The van der Waals surface area contributed by atoms with Crippen LogP contribution >= 0.6 is 0 Å². The van der Waals surface area contributed by atoms with Gasteiger partial charge in [0.15, 0.2) is 0 Å². The smallest absolute Gasteiger partial charge is 0.257 e. The predicted molar refractivity (Wildman–Crippen MR) is 93.6 cm³/mol. The van der Waals surface area contributed by atoms with Gasteiger partial charge in [-0.2, -0.15) is 0 Å². The van der Waals surface area contributed by atoms with Crippen LogP contribution < -0.4 is 10.9 Å². The molecule has 0 bridgehead atoms. The third kappa shape index (κ3) is 2.60. The summed E-state index contributed by atoms with van der Waals surface area (Å²) in [4.78, 5) is 19.2. The molecule has 0 radical (unpaired) electrons. The van der Waals surface area contributed by atoms with Crippen molar-refractivity contribution in [2.75, 3.05) is 5.32 Å². The highest BCUT2D eigenvalue weighted by Gasteiger charge is 2.06. The van der Waals surface area contributed by atoms with Crippen LogP contribution in [-0.2, 0) is 6.54 Å². The van der Waals surface area contributed by atoms with Crippen LogP contribution in [0.25, 0.3) is 21.8 Å². The van der Waals surface area contributed by atoms with Gasteiger partial charge in [0, 0.05) is 34.6 Å². The maximum Gasteiger partial charge on any atom is 0.257 e. The average Bonchev–Trinajstić information content (AvgIpc) is 2.60. The van der Waals surface area contributed by atoms with E-state index in [1.807, 2.05) is 30.3 Å². The van der Waals surface area contributed by atoms with Gasteiger partial charge in [-0.25, -0.2) is 9.37 Å². The van der Waals surface area contributed by atoms with Crippen molar-refractivity contribution in [2.45, 2.75) is 6.54 Å². The molecule has 2 heterocycles. The van der Waals surface area contributed by atoms with E-state index in [0.717, 1.165) is 22.0 Å². The van der Waals surface area contributed by atoms with Gasteiger partial charge in [0.05, 0.1) is 0 Å². The molecule has 5 heteroatoms. The molecule has 0 spiro atoms. The Morgan fingerprint density at radius 2 is 1.92 bits per heavy atom. The van der Waals surface area contributed by atoms with E-state index in [9.17, 15) is 9.18 Å². The van der Waals surface area contributed by atoms with E-state index in [2.05, 4.69) is 15.3 Å². The second-order valence-corrected chi connectivity index (χ2v) is 5.60. The number of anilines is 1. The van der Waals surface area contributed by atoms with Crippen molar-refractivity contribution in [3.8, 4) is 0 Å². The molecule has 2 aromatic carbocycles. The van der Waals surface area contributed by atoms with Crippen LogP contribution in [0.4, 0.5) is 10.1 Å². The zero-order valence-electron chi connectivity index (χ0n) is 12.7.